The average Bonchev–Trinajstić information content (AvgIpc) is 2.35. The van der Waals surface area contributed by atoms with E-state index >= 15 is 0 Å². The number of pyridine rings is 1. The minimum absolute atomic E-state index is 0.438. The zero-order chi connectivity index (χ0) is 13.5. The summed E-state index contributed by atoms with van der Waals surface area (Å²) >= 11 is 6.16. The van der Waals surface area contributed by atoms with Gasteiger partial charge in [0.25, 0.3) is 0 Å². The molecule has 0 saturated carbocycles. The third-order valence-electron chi connectivity index (χ3n) is 2.68. The van der Waals surface area contributed by atoms with Gasteiger partial charge < -0.3 is 10.2 Å². The Hall–Kier alpha value is -1.06. The second-order valence-corrected chi connectivity index (χ2v) is 4.90. The normalized spacial score (nSPS) is 10.7. The van der Waals surface area contributed by atoms with E-state index in [0.717, 1.165) is 31.0 Å². The molecule has 1 aromatic heterocycles. The van der Waals surface area contributed by atoms with E-state index in [4.69, 9.17) is 11.6 Å². The topological polar surface area (TPSA) is 28.2 Å². The predicted octanol–water partition coefficient (Wildman–Crippen LogP) is 3.25. The molecule has 0 aromatic carbocycles. The Labute approximate surface area is 115 Å². The van der Waals surface area contributed by atoms with Crippen molar-refractivity contribution in [3.8, 4) is 0 Å². The molecule has 18 heavy (non-hydrogen) atoms. The highest BCUT2D eigenvalue weighted by atomic mass is 35.5. The molecule has 1 rings (SSSR count). The number of nitrogens with zero attached hydrogens (tertiary/aromatic N) is 2. The number of aromatic nitrogens is 1. The lowest BCUT2D eigenvalue weighted by molar-refractivity contribution is 0.588. The van der Waals surface area contributed by atoms with Crippen molar-refractivity contribution in [3.63, 3.8) is 0 Å². The summed E-state index contributed by atoms with van der Waals surface area (Å²) in [5.74, 6) is 0.947. The largest absolute Gasteiger partial charge is 0.353 e. The molecule has 0 aliphatic carbocycles. The molecule has 100 valence electrons. The lowest BCUT2D eigenvalue weighted by Crippen LogP contribution is -2.25. The highest BCUT2D eigenvalue weighted by molar-refractivity contribution is 6.31. The molecule has 0 radical (unpaired) electrons. The lowest BCUT2D eigenvalue weighted by atomic mass is 10.2. The molecule has 0 unspecified atom stereocenters. The van der Waals surface area contributed by atoms with Gasteiger partial charge in [-0.05, 0) is 18.6 Å². The molecule has 1 N–H and O–H groups in total. The highest BCUT2D eigenvalue weighted by Crippen LogP contribution is 2.20. The van der Waals surface area contributed by atoms with Crippen molar-refractivity contribution in [1.82, 2.24) is 10.3 Å². The van der Waals surface area contributed by atoms with Crippen molar-refractivity contribution in [1.29, 1.82) is 0 Å². The first kappa shape index (κ1) is 15.0. The van der Waals surface area contributed by atoms with Gasteiger partial charge in [-0.25, -0.2) is 4.98 Å². The third-order valence-corrected chi connectivity index (χ3v) is 3.02. The number of likely N-dealkylation sites (N-methyl/N-ethyl adjacent to an activating group) is 1. The van der Waals surface area contributed by atoms with Gasteiger partial charge in [-0.15, -0.1) is 6.58 Å². The van der Waals surface area contributed by atoms with E-state index in [1.807, 2.05) is 12.1 Å². The van der Waals surface area contributed by atoms with Crippen LogP contribution in [0.15, 0.2) is 24.9 Å². The molecule has 0 atom stereocenters. The van der Waals surface area contributed by atoms with Gasteiger partial charge in [0.2, 0.25) is 0 Å². The molecule has 0 amide bonds. The first-order valence-electron chi connectivity index (χ1n) is 6.32. The second-order valence-electron chi connectivity index (χ2n) is 4.50. The van der Waals surface area contributed by atoms with Crippen LogP contribution in [-0.2, 0) is 6.54 Å². The van der Waals surface area contributed by atoms with Crippen LogP contribution >= 0.6 is 11.6 Å². The van der Waals surface area contributed by atoms with Gasteiger partial charge in [0.05, 0.1) is 5.02 Å². The summed E-state index contributed by atoms with van der Waals surface area (Å²) in [7, 11) is 0. The Bertz CT molecular complexity index is 391. The highest BCUT2D eigenvalue weighted by Gasteiger charge is 2.08. The lowest BCUT2D eigenvalue weighted by Gasteiger charge is -2.21. The molecule has 0 bridgehead atoms. The summed E-state index contributed by atoms with van der Waals surface area (Å²) < 4.78 is 0. The summed E-state index contributed by atoms with van der Waals surface area (Å²) in [6.45, 7) is 12.6. The minimum Gasteiger partial charge on any atom is -0.353 e. The maximum atomic E-state index is 6.16. The molecule has 0 spiro atoms. The van der Waals surface area contributed by atoms with Crippen LogP contribution < -0.4 is 10.2 Å². The molecule has 0 saturated heterocycles. The standard InChI is InChI=1S/C14H22ClN3/c1-5-7-18(6-2)14-8-12(9-16-11(3)4)13(15)10-17-14/h5,8,10-11,16H,1,6-7,9H2,2-4H3. The molecule has 1 heterocycles. The Morgan fingerprint density at radius 1 is 1.56 bits per heavy atom. The van der Waals surface area contributed by atoms with E-state index in [1.54, 1.807) is 6.20 Å². The van der Waals surface area contributed by atoms with E-state index in [-0.39, 0.29) is 0 Å². The maximum absolute atomic E-state index is 6.16. The van der Waals surface area contributed by atoms with Crippen LogP contribution in [0.2, 0.25) is 5.02 Å². The van der Waals surface area contributed by atoms with Crippen LogP contribution in [0.25, 0.3) is 0 Å². The van der Waals surface area contributed by atoms with Crippen molar-refractivity contribution in [2.75, 3.05) is 18.0 Å². The van der Waals surface area contributed by atoms with Gasteiger partial charge >= 0.3 is 0 Å². The molecule has 1 aromatic rings. The quantitative estimate of drug-likeness (QED) is 0.769. The smallest absolute Gasteiger partial charge is 0.129 e. The molecular formula is C14H22ClN3. The van der Waals surface area contributed by atoms with Crippen LogP contribution in [0, 0.1) is 0 Å². The summed E-state index contributed by atoms with van der Waals surface area (Å²) in [6, 6.07) is 2.48. The number of hydrogen-bond donors (Lipinski definition) is 1. The Balaban J connectivity index is 2.87. The van der Waals surface area contributed by atoms with Gasteiger partial charge in [0.1, 0.15) is 5.82 Å². The van der Waals surface area contributed by atoms with Gasteiger partial charge in [-0.3, -0.25) is 0 Å². The van der Waals surface area contributed by atoms with Crippen molar-refractivity contribution in [3.05, 3.63) is 35.5 Å². The maximum Gasteiger partial charge on any atom is 0.129 e. The Morgan fingerprint density at radius 3 is 2.83 bits per heavy atom. The average molecular weight is 268 g/mol. The predicted molar refractivity (Wildman–Crippen MR) is 79.3 cm³/mol. The first-order valence-corrected chi connectivity index (χ1v) is 6.69. The number of rotatable bonds is 7. The molecule has 3 nitrogen and oxygen atoms in total. The van der Waals surface area contributed by atoms with Gasteiger partial charge in [-0.2, -0.15) is 0 Å². The Kier molecular flexibility index (Phi) is 6.16. The zero-order valence-electron chi connectivity index (χ0n) is 11.4. The molecule has 0 fully saturated rings. The fourth-order valence-corrected chi connectivity index (χ4v) is 1.80. The molecule has 0 aliphatic heterocycles. The van der Waals surface area contributed by atoms with Crippen LogP contribution in [0.4, 0.5) is 5.82 Å². The Morgan fingerprint density at radius 2 is 2.28 bits per heavy atom. The summed E-state index contributed by atoms with van der Waals surface area (Å²) in [5, 5.41) is 4.08. The van der Waals surface area contributed by atoms with E-state index in [9.17, 15) is 0 Å². The van der Waals surface area contributed by atoms with E-state index < -0.39 is 0 Å². The molecular weight excluding hydrogens is 246 g/mol. The zero-order valence-corrected chi connectivity index (χ0v) is 12.2. The van der Waals surface area contributed by atoms with Gasteiger partial charge in [0, 0.05) is 31.9 Å². The fraction of sp³-hybridized carbons (Fsp3) is 0.500. The first-order chi connectivity index (χ1) is 8.58. The van der Waals surface area contributed by atoms with Gasteiger partial charge in [0.15, 0.2) is 0 Å². The molecule has 0 aliphatic rings. The van der Waals surface area contributed by atoms with E-state index in [1.165, 1.54) is 0 Å². The second kappa shape index (κ2) is 7.39. The number of halogens is 1. The minimum atomic E-state index is 0.438. The van der Waals surface area contributed by atoms with Crippen molar-refractivity contribution in [2.24, 2.45) is 0 Å². The van der Waals surface area contributed by atoms with Crippen molar-refractivity contribution in [2.45, 2.75) is 33.4 Å². The summed E-state index contributed by atoms with van der Waals surface area (Å²) in [6.07, 6.45) is 3.60. The van der Waals surface area contributed by atoms with E-state index in [2.05, 4.69) is 42.6 Å². The third kappa shape index (κ3) is 4.31. The molecule has 4 heteroatoms. The number of nitrogens with one attached hydrogen (secondary N) is 1. The van der Waals surface area contributed by atoms with Crippen LogP contribution in [0.1, 0.15) is 26.3 Å². The monoisotopic (exact) mass is 267 g/mol. The summed E-state index contributed by atoms with van der Waals surface area (Å²) in [5.41, 5.74) is 1.08. The summed E-state index contributed by atoms with van der Waals surface area (Å²) in [4.78, 5) is 6.53. The van der Waals surface area contributed by atoms with Gasteiger partial charge in [-0.1, -0.05) is 31.5 Å². The van der Waals surface area contributed by atoms with Crippen molar-refractivity contribution >= 4 is 17.4 Å². The van der Waals surface area contributed by atoms with Crippen LogP contribution in [0.3, 0.4) is 0 Å². The number of hydrogen-bond acceptors (Lipinski definition) is 3. The number of anilines is 1. The SMILES string of the molecule is C=CCN(CC)c1cc(CNC(C)C)c(Cl)cn1. The van der Waals surface area contributed by atoms with Crippen LogP contribution in [0.5, 0.6) is 0 Å². The van der Waals surface area contributed by atoms with Crippen LogP contribution in [-0.4, -0.2) is 24.1 Å². The van der Waals surface area contributed by atoms with Crippen molar-refractivity contribution < 1.29 is 0 Å². The fourth-order valence-electron chi connectivity index (χ4n) is 1.63. The van der Waals surface area contributed by atoms with E-state index in [0.29, 0.717) is 11.1 Å².